The lowest BCUT2D eigenvalue weighted by Gasteiger charge is -2.27. The third-order valence-corrected chi connectivity index (χ3v) is 5.43. The molecule has 0 aromatic heterocycles. The molecule has 0 saturated heterocycles. The first-order valence-corrected chi connectivity index (χ1v) is 12.1. The molecule has 9 N–H and O–H groups in total. The van der Waals surface area contributed by atoms with E-state index in [9.17, 15) is 33.9 Å². The fourth-order valence-corrected chi connectivity index (χ4v) is 3.28. The number of carboxylic acid groups (broad SMARTS) is 2. The molecule has 4 atom stereocenters. The number of thioether (sulfide) groups is 1. The molecule has 13 nitrogen and oxygen atoms in total. The zero-order valence-electron chi connectivity index (χ0n) is 19.5. The lowest BCUT2D eigenvalue weighted by molar-refractivity contribution is -0.143. The third-order valence-electron chi connectivity index (χ3n) is 4.79. The molecule has 4 unspecified atom stereocenters. The monoisotopic (exact) mass is 505 g/mol. The molecular formula is C20H35N5O8S. The molecule has 0 aliphatic rings. The van der Waals surface area contributed by atoms with Crippen molar-refractivity contribution in [1.82, 2.24) is 16.0 Å². The van der Waals surface area contributed by atoms with Gasteiger partial charge in [0.2, 0.25) is 23.6 Å². The minimum atomic E-state index is -1.52. The topological polar surface area (TPSA) is 231 Å². The lowest BCUT2D eigenvalue weighted by atomic mass is 10.0. The minimum absolute atomic E-state index is 0.232. The van der Waals surface area contributed by atoms with Crippen molar-refractivity contribution in [3.8, 4) is 0 Å². The highest BCUT2D eigenvalue weighted by atomic mass is 32.2. The molecule has 4 amide bonds. The third kappa shape index (κ3) is 12.4. The van der Waals surface area contributed by atoms with Gasteiger partial charge in [-0.25, -0.2) is 4.79 Å². The van der Waals surface area contributed by atoms with Crippen molar-refractivity contribution in [2.75, 3.05) is 12.0 Å². The summed E-state index contributed by atoms with van der Waals surface area (Å²) in [6, 6.07) is -4.76. The van der Waals surface area contributed by atoms with Gasteiger partial charge in [-0.15, -0.1) is 0 Å². The molecule has 0 aromatic rings. The number of carboxylic acids is 2. The van der Waals surface area contributed by atoms with Gasteiger partial charge in [-0.05, 0) is 37.2 Å². The van der Waals surface area contributed by atoms with Crippen molar-refractivity contribution in [3.05, 3.63) is 0 Å². The molecule has 0 aliphatic carbocycles. The summed E-state index contributed by atoms with van der Waals surface area (Å²) in [7, 11) is 0. The summed E-state index contributed by atoms with van der Waals surface area (Å²) in [5, 5.41) is 25.2. The maximum atomic E-state index is 12.9. The quantitative estimate of drug-likeness (QED) is 0.119. The summed E-state index contributed by atoms with van der Waals surface area (Å²) >= 11 is 1.51. The van der Waals surface area contributed by atoms with Crippen molar-refractivity contribution in [2.45, 2.75) is 70.1 Å². The van der Waals surface area contributed by atoms with Crippen LogP contribution in [0.5, 0.6) is 0 Å². The van der Waals surface area contributed by atoms with Gasteiger partial charge in [0.1, 0.15) is 18.1 Å². The van der Waals surface area contributed by atoms with Gasteiger partial charge >= 0.3 is 11.9 Å². The van der Waals surface area contributed by atoms with Gasteiger partial charge in [-0.2, -0.15) is 11.8 Å². The molecule has 0 spiro atoms. The number of amides is 4. The maximum Gasteiger partial charge on any atom is 0.326 e. The number of hydrogen-bond acceptors (Lipinski definition) is 8. The number of hydrogen-bond donors (Lipinski definition) is 7. The Bertz CT molecular complexity index is 748. The van der Waals surface area contributed by atoms with Gasteiger partial charge in [-0.3, -0.25) is 24.0 Å². The number of primary amides is 1. The van der Waals surface area contributed by atoms with E-state index < -0.39 is 66.2 Å². The predicted molar refractivity (Wildman–Crippen MR) is 125 cm³/mol. The number of carbonyl (C=O) groups is 6. The summed E-state index contributed by atoms with van der Waals surface area (Å²) in [4.78, 5) is 71.3. The normalized spacial score (nSPS) is 14.4. The van der Waals surface area contributed by atoms with E-state index in [1.807, 2.05) is 6.26 Å². The standard InChI is InChI=1S/C20H35N5O8S/c1-10(2)16(25-17(29)11(21)8-9-34-3)19(31)23-12(4-6-14(22)26)18(30)24-13(20(32)33)5-7-15(27)28/h10-13,16H,4-9,21H2,1-3H3,(H2,22,26)(H,23,31)(H,24,30)(H,25,29)(H,27,28)(H,32,33). The van der Waals surface area contributed by atoms with Crippen molar-refractivity contribution in [1.29, 1.82) is 0 Å². The van der Waals surface area contributed by atoms with Crippen molar-refractivity contribution in [3.63, 3.8) is 0 Å². The van der Waals surface area contributed by atoms with Gasteiger partial charge in [-0.1, -0.05) is 13.8 Å². The molecule has 0 rings (SSSR count). The van der Waals surface area contributed by atoms with E-state index in [0.717, 1.165) is 0 Å². The fourth-order valence-electron chi connectivity index (χ4n) is 2.79. The second kappa shape index (κ2) is 15.9. The van der Waals surface area contributed by atoms with Gasteiger partial charge in [0.15, 0.2) is 0 Å². The molecular weight excluding hydrogens is 470 g/mol. The van der Waals surface area contributed by atoms with Crippen LogP contribution in [0.4, 0.5) is 0 Å². The van der Waals surface area contributed by atoms with Crippen LogP contribution in [0.3, 0.4) is 0 Å². The first-order valence-electron chi connectivity index (χ1n) is 10.7. The maximum absolute atomic E-state index is 12.9. The van der Waals surface area contributed by atoms with E-state index >= 15 is 0 Å². The average Bonchev–Trinajstić information content (AvgIpc) is 2.74. The van der Waals surface area contributed by atoms with Gasteiger partial charge in [0, 0.05) is 12.8 Å². The highest BCUT2D eigenvalue weighted by molar-refractivity contribution is 7.98. The summed E-state index contributed by atoms with van der Waals surface area (Å²) in [5.41, 5.74) is 11.0. The zero-order chi connectivity index (χ0) is 26.4. The molecule has 0 heterocycles. The van der Waals surface area contributed by atoms with E-state index in [0.29, 0.717) is 12.2 Å². The van der Waals surface area contributed by atoms with Crippen LogP contribution in [0, 0.1) is 5.92 Å². The largest absolute Gasteiger partial charge is 0.481 e. The SMILES string of the molecule is CSCCC(N)C(=O)NC(C(=O)NC(CCC(N)=O)C(=O)NC(CCC(=O)O)C(=O)O)C(C)C. The Morgan fingerprint density at radius 1 is 0.824 bits per heavy atom. The molecule has 0 radical (unpaired) electrons. The number of aliphatic carboxylic acids is 2. The predicted octanol–water partition coefficient (Wildman–Crippen LogP) is -1.61. The Morgan fingerprint density at radius 3 is 1.85 bits per heavy atom. The van der Waals surface area contributed by atoms with Crippen molar-refractivity contribution in [2.24, 2.45) is 17.4 Å². The van der Waals surface area contributed by atoms with Gasteiger partial charge < -0.3 is 37.6 Å². The van der Waals surface area contributed by atoms with E-state index in [1.165, 1.54) is 11.8 Å². The fraction of sp³-hybridized carbons (Fsp3) is 0.700. The molecule has 0 fully saturated rings. The Labute approximate surface area is 202 Å². The van der Waals surface area contributed by atoms with E-state index in [1.54, 1.807) is 13.8 Å². The molecule has 0 aliphatic heterocycles. The number of nitrogens with two attached hydrogens (primary N) is 2. The lowest BCUT2D eigenvalue weighted by Crippen LogP contribution is -2.58. The second-order valence-corrected chi connectivity index (χ2v) is 9.00. The Kier molecular flexibility index (Phi) is 14.5. The number of rotatable bonds is 17. The Hall–Kier alpha value is -2.87. The molecule has 0 aromatic carbocycles. The smallest absolute Gasteiger partial charge is 0.326 e. The van der Waals surface area contributed by atoms with E-state index in [4.69, 9.17) is 16.6 Å². The van der Waals surface area contributed by atoms with Crippen LogP contribution in [-0.2, 0) is 28.8 Å². The Morgan fingerprint density at radius 2 is 1.38 bits per heavy atom. The average molecular weight is 506 g/mol. The zero-order valence-corrected chi connectivity index (χ0v) is 20.4. The summed E-state index contributed by atoms with van der Waals surface area (Å²) in [6.07, 6.45) is 0.853. The van der Waals surface area contributed by atoms with Gasteiger partial charge in [0.05, 0.1) is 6.04 Å². The van der Waals surface area contributed by atoms with Crippen LogP contribution in [0.1, 0.15) is 46.0 Å². The van der Waals surface area contributed by atoms with Crippen LogP contribution in [0.15, 0.2) is 0 Å². The molecule has 34 heavy (non-hydrogen) atoms. The highest BCUT2D eigenvalue weighted by Gasteiger charge is 2.31. The van der Waals surface area contributed by atoms with Crippen LogP contribution in [0.2, 0.25) is 0 Å². The van der Waals surface area contributed by atoms with Crippen molar-refractivity contribution < 1.29 is 39.0 Å². The molecule has 14 heteroatoms. The molecule has 0 bridgehead atoms. The van der Waals surface area contributed by atoms with Crippen molar-refractivity contribution >= 4 is 47.3 Å². The summed E-state index contributed by atoms with van der Waals surface area (Å²) in [5.74, 6) is -5.40. The summed E-state index contributed by atoms with van der Waals surface area (Å²) in [6.45, 7) is 3.34. The van der Waals surface area contributed by atoms with Crippen LogP contribution < -0.4 is 27.4 Å². The summed E-state index contributed by atoms with van der Waals surface area (Å²) < 4.78 is 0. The highest BCUT2D eigenvalue weighted by Crippen LogP contribution is 2.08. The minimum Gasteiger partial charge on any atom is -0.481 e. The van der Waals surface area contributed by atoms with E-state index in [-0.39, 0.29) is 25.2 Å². The van der Waals surface area contributed by atoms with Crippen LogP contribution in [-0.4, -0.2) is 82.0 Å². The van der Waals surface area contributed by atoms with E-state index in [2.05, 4.69) is 16.0 Å². The van der Waals surface area contributed by atoms with Crippen LogP contribution >= 0.6 is 11.8 Å². The Balaban J connectivity index is 5.47. The first-order chi connectivity index (χ1) is 15.8. The van der Waals surface area contributed by atoms with Gasteiger partial charge in [0.25, 0.3) is 0 Å². The molecule has 194 valence electrons. The second-order valence-electron chi connectivity index (χ2n) is 8.02. The molecule has 0 saturated carbocycles. The number of carbonyl (C=O) groups excluding carboxylic acids is 4. The first kappa shape index (κ1) is 31.1. The van der Waals surface area contributed by atoms with Crippen LogP contribution in [0.25, 0.3) is 0 Å². The number of nitrogens with one attached hydrogen (secondary N) is 3.